The highest BCUT2D eigenvalue weighted by molar-refractivity contribution is 5.81. The second kappa shape index (κ2) is 5.97. The van der Waals surface area contributed by atoms with E-state index in [0.717, 1.165) is 24.2 Å². The number of carbonyl (C=O) groups is 1. The number of hydrogen-bond donors (Lipinski definition) is 2. The monoisotopic (exact) mass is 252 g/mol. The van der Waals surface area contributed by atoms with Crippen molar-refractivity contribution in [2.24, 2.45) is 7.05 Å². The number of carbonyl (C=O) groups excluding carboxylic acids is 1. The third-order valence-electron chi connectivity index (χ3n) is 3.02. The predicted octanol–water partition coefficient (Wildman–Crippen LogP) is -0.413. The van der Waals surface area contributed by atoms with Crippen molar-refractivity contribution in [3.05, 3.63) is 17.5 Å². The van der Waals surface area contributed by atoms with Crippen LogP contribution >= 0.6 is 0 Å². The summed E-state index contributed by atoms with van der Waals surface area (Å²) in [6.45, 7) is 4.43. The fourth-order valence-electron chi connectivity index (χ4n) is 2.07. The molecule has 2 heterocycles. The highest BCUT2D eigenvalue weighted by Gasteiger charge is 2.21. The van der Waals surface area contributed by atoms with Crippen LogP contribution in [0.5, 0.6) is 0 Å². The lowest BCUT2D eigenvalue weighted by Gasteiger charge is -2.22. The molecule has 18 heavy (non-hydrogen) atoms. The summed E-state index contributed by atoms with van der Waals surface area (Å²) in [6, 6.07) is -0.236. The van der Waals surface area contributed by atoms with Crippen LogP contribution < -0.4 is 10.6 Å². The zero-order valence-corrected chi connectivity index (χ0v) is 10.9. The molecular formula is C12H20N4O2. The molecule has 1 unspecified atom stereocenters. The first-order valence-electron chi connectivity index (χ1n) is 6.31. The van der Waals surface area contributed by atoms with Gasteiger partial charge in [0.05, 0.1) is 18.9 Å². The van der Waals surface area contributed by atoms with Gasteiger partial charge in [0, 0.05) is 31.9 Å². The molecule has 1 fully saturated rings. The van der Waals surface area contributed by atoms with E-state index in [1.165, 1.54) is 0 Å². The van der Waals surface area contributed by atoms with Gasteiger partial charge in [-0.3, -0.25) is 9.48 Å². The van der Waals surface area contributed by atoms with Crippen LogP contribution in [0.25, 0.3) is 0 Å². The Balaban J connectivity index is 1.88. The Morgan fingerprint density at radius 1 is 1.72 bits per heavy atom. The Labute approximate surface area is 107 Å². The van der Waals surface area contributed by atoms with E-state index in [-0.39, 0.29) is 11.9 Å². The molecule has 2 rings (SSSR count). The highest BCUT2D eigenvalue weighted by atomic mass is 16.5. The Morgan fingerprint density at radius 3 is 3.22 bits per heavy atom. The lowest BCUT2D eigenvalue weighted by molar-refractivity contribution is -0.126. The largest absolute Gasteiger partial charge is 0.378 e. The molecule has 1 aromatic rings. The molecule has 0 spiro atoms. The Bertz CT molecular complexity index is 410. The van der Waals surface area contributed by atoms with E-state index in [2.05, 4.69) is 22.7 Å². The summed E-state index contributed by atoms with van der Waals surface area (Å²) in [6.07, 6.45) is 2.82. The summed E-state index contributed by atoms with van der Waals surface area (Å²) in [5.74, 6) is -0.0133. The first kappa shape index (κ1) is 13.0. The molecule has 0 saturated carbocycles. The minimum Gasteiger partial charge on any atom is -0.378 e. The first-order valence-corrected chi connectivity index (χ1v) is 6.31. The van der Waals surface area contributed by atoms with Crippen molar-refractivity contribution in [2.45, 2.75) is 25.9 Å². The number of aromatic nitrogens is 2. The van der Waals surface area contributed by atoms with Crippen molar-refractivity contribution in [3.63, 3.8) is 0 Å². The zero-order chi connectivity index (χ0) is 13.0. The molecule has 0 aromatic carbocycles. The van der Waals surface area contributed by atoms with E-state index in [1.54, 1.807) is 4.68 Å². The Morgan fingerprint density at radius 2 is 2.56 bits per heavy atom. The molecule has 1 amide bonds. The van der Waals surface area contributed by atoms with Gasteiger partial charge in [-0.25, -0.2) is 0 Å². The number of hydrogen-bond acceptors (Lipinski definition) is 4. The molecule has 1 aliphatic heterocycles. The number of ether oxygens (including phenoxy) is 1. The lowest BCUT2D eigenvalue weighted by Crippen LogP contribution is -2.51. The minimum absolute atomic E-state index is 0.0133. The van der Waals surface area contributed by atoms with Crippen molar-refractivity contribution in [1.29, 1.82) is 0 Å². The summed E-state index contributed by atoms with van der Waals surface area (Å²) in [4.78, 5) is 11.9. The van der Waals surface area contributed by atoms with Crippen LogP contribution in [0.15, 0.2) is 6.20 Å². The van der Waals surface area contributed by atoms with Crippen LogP contribution in [-0.2, 0) is 29.5 Å². The summed E-state index contributed by atoms with van der Waals surface area (Å²) < 4.78 is 7.04. The van der Waals surface area contributed by atoms with Crippen molar-refractivity contribution < 1.29 is 9.53 Å². The van der Waals surface area contributed by atoms with Gasteiger partial charge in [0.25, 0.3) is 0 Å². The van der Waals surface area contributed by atoms with Gasteiger partial charge in [-0.15, -0.1) is 0 Å². The molecule has 100 valence electrons. The quantitative estimate of drug-likeness (QED) is 0.764. The van der Waals surface area contributed by atoms with Gasteiger partial charge < -0.3 is 15.4 Å². The second-order valence-corrected chi connectivity index (χ2v) is 4.43. The van der Waals surface area contributed by atoms with Gasteiger partial charge in [0.2, 0.25) is 5.91 Å². The van der Waals surface area contributed by atoms with Crippen molar-refractivity contribution in [3.8, 4) is 0 Å². The highest BCUT2D eigenvalue weighted by Crippen LogP contribution is 2.06. The maximum absolute atomic E-state index is 11.9. The van der Waals surface area contributed by atoms with E-state index in [0.29, 0.717) is 19.8 Å². The molecule has 6 heteroatoms. The van der Waals surface area contributed by atoms with E-state index >= 15 is 0 Å². The number of nitrogens with zero attached hydrogens (tertiary/aromatic N) is 2. The number of aryl methyl sites for hydroxylation is 2. The van der Waals surface area contributed by atoms with Crippen LogP contribution in [0.4, 0.5) is 0 Å². The lowest BCUT2D eigenvalue weighted by atomic mass is 10.2. The van der Waals surface area contributed by atoms with Crippen molar-refractivity contribution >= 4 is 5.91 Å². The third-order valence-corrected chi connectivity index (χ3v) is 3.02. The number of rotatable bonds is 4. The summed E-state index contributed by atoms with van der Waals surface area (Å²) in [5, 5.41) is 10.4. The summed E-state index contributed by atoms with van der Waals surface area (Å²) in [5.41, 5.74) is 2.11. The van der Waals surface area contributed by atoms with Crippen LogP contribution in [-0.4, -0.2) is 41.5 Å². The van der Waals surface area contributed by atoms with E-state index < -0.39 is 0 Å². The fourth-order valence-corrected chi connectivity index (χ4v) is 2.07. The predicted molar refractivity (Wildman–Crippen MR) is 67.0 cm³/mol. The average molecular weight is 252 g/mol. The first-order chi connectivity index (χ1) is 8.70. The molecule has 1 atom stereocenters. The van der Waals surface area contributed by atoms with Crippen LogP contribution in [0.1, 0.15) is 18.2 Å². The Kier molecular flexibility index (Phi) is 4.33. The average Bonchev–Trinajstić information content (AvgIpc) is 2.77. The Hall–Kier alpha value is -1.40. The molecule has 2 N–H and O–H groups in total. The number of morpholine rings is 1. The van der Waals surface area contributed by atoms with Crippen LogP contribution in [0.3, 0.4) is 0 Å². The second-order valence-electron chi connectivity index (χ2n) is 4.43. The molecule has 0 radical (unpaired) electrons. The molecule has 0 aliphatic carbocycles. The van der Waals surface area contributed by atoms with Gasteiger partial charge in [0.15, 0.2) is 0 Å². The smallest absolute Gasteiger partial charge is 0.239 e. The molecular weight excluding hydrogens is 232 g/mol. The standard InChI is InChI=1S/C12H20N4O2/c1-3-10-9(7-16(2)15-10)6-14-12(17)11-8-18-5-4-13-11/h7,11,13H,3-6,8H2,1-2H3,(H,14,17). The maximum atomic E-state index is 11.9. The van der Waals surface area contributed by atoms with Gasteiger partial charge in [-0.05, 0) is 6.42 Å². The minimum atomic E-state index is -0.236. The van der Waals surface area contributed by atoms with Gasteiger partial charge in [-0.1, -0.05) is 6.92 Å². The molecule has 1 aromatic heterocycles. The van der Waals surface area contributed by atoms with Crippen molar-refractivity contribution in [2.75, 3.05) is 19.8 Å². The van der Waals surface area contributed by atoms with Gasteiger partial charge >= 0.3 is 0 Å². The third kappa shape index (κ3) is 3.08. The molecule has 1 aliphatic rings. The van der Waals surface area contributed by atoms with Crippen molar-refractivity contribution in [1.82, 2.24) is 20.4 Å². The van der Waals surface area contributed by atoms with E-state index in [9.17, 15) is 4.79 Å². The number of nitrogens with one attached hydrogen (secondary N) is 2. The maximum Gasteiger partial charge on any atom is 0.239 e. The van der Waals surface area contributed by atoms with E-state index in [1.807, 2.05) is 13.2 Å². The molecule has 6 nitrogen and oxygen atoms in total. The normalized spacial score (nSPS) is 19.8. The summed E-state index contributed by atoms with van der Waals surface area (Å²) >= 11 is 0. The fraction of sp³-hybridized carbons (Fsp3) is 0.667. The zero-order valence-electron chi connectivity index (χ0n) is 10.9. The topological polar surface area (TPSA) is 68.2 Å². The summed E-state index contributed by atoms with van der Waals surface area (Å²) in [7, 11) is 1.89. The number of amides is 1. The van der Waals surface area contributed by atoms with E-state index in [4.69, 9.17) is 4.74 Å². The SMILES string of the molecule is CCc1nn(C)cc1CNC(=O)C1COCCN1. The van der Waals surface area contributed by atoms with Crippen LogP contribution in [0.2, 0.25) is 0 Å². The van der Waals surface area contributed by atoms with Crippen LogP contribution in [0, 0.1) is 0 Å². The molecule has 0 bridgehead atoms. The molecule has 1 saturated heterocycles. The van der Waals surface area contributed by atoms with Gasteiger partial charge in [-0.2, -0.15) is 5.10 Å². The van der Waals surface area contributed by atoms with Gasteiger partial charge in [0.1, 0.15) is 6.04 Å².